The summed E-state index contributed by atoms with van der Waals surface area (Å²) >= 11 is 1.36. The van der Waals surface area contributed by atoms with E-state index in [0.29, 0.717) is 4.88 Å². The second-order valence-electron chi connectivity index (χ2n) is 7.01. The van der Waals surface area contributed by atoms with Crippen molar-refractivity contribution in [2.75, 3.05) is 0 Å². The Bertz CT molecular complexity index is 934. The maximum atomic E-state index is 12.8. The summed E-state index contributed by atoms with van der Waals surface area (Å²) in [5.41, 5.74) is 1.04. The summed E-state index contributed by atoms with van der Waals surface area (Å²) in [5, 5.41) is 10.1. The monoisotopic (exact) mass is 380 g/mol. The van der Waals surface area contributed by atoms with Crippen molar-refractivity contribution < 1.29 is 9.59 Å². The molecule has 5 heteroatoms. The maximum Gasteiger partial charge on any atom is 0.262 e. The standard InChI is InChI=1S/C22H24N2O2S/c1-14(2)20(24-21(25)19-9-6-12-27-19)22(26)23-15(3)17-11-10-16-7-4-5-8-18(16)13-17/h4-15,20H,1-3H3,(H,23,26)(H,24,25). The molecule has 4 nitrogen and oxygen atoms in total. The maximum absolute atomic E-state index is 12.8. The van der Waals surface area contributed by atoms with Crippen LogP contribution in [0.4, 0.5) is 0 Å². The van der Waals surface area contributed by atoms with Crippen molar-refractivity contribution in [1.29, 1.82) is 0 Å². The zero-order chi connectivity index (χ0) is 19.4. The molecule has 0 aliphatic heterocycles. The Hall–Kier alpha value is -2.66. The van der Waals surface area contributed by atoms with Crippen LogP contribution in [0.15, 0.2) is 60.0 Å². The smallest absolute Gasteiger partial charge is 0.262 e. The molecule has 3 aromatic rings. The molecule has 27 heavy (non-hydrogen) atoms. The molecule has 0 saturated heterocycles. The zero-order valence-electron chi connectivity index (χ0n) is 15.7. The van der Waals surface area contributed by atoms with E-state index < -0.39 is 6.04 Å². The average Bonchev–Trinajstić information content (AvgIpc) is 3.20. The predicted octanol–water partition coefficient (Wildman–Crippen LogP) is 4.53. The molecule has 1 aromatic heterocycles. The van der Waals surface area contributed by atoms with Crippen LogP contribution in [0.5, 0.6) is 0 Å². The molecule has 2 N–H and O–H groups in total. The Morgan fingerprint density at radius 2 is 1.63 bits per heavy atom. The SMILES string of the molecule is CC(NC(=O)C(NC(=O)c1cccs1)C(C)C)c1ccc2ccccc2c1. The number of fused-ring (bicyclic) bond motifs is 1. The van der Waals surface area contributed by atoms with Gasteiger partial charge < -0.3 is 10.6 Å². The Morgan fingerprint density at radius 1 is 0.889 bits per heavy atom. The Labute approximate surface area is 163 Å². The third-order valence-corrected chi connectivity index (χ3v) is 5.48. The van der Waals surface area contributed by atoms with Crippen LogP contribution < -0.4 is 10.6 Å². The molecule has 2 amide bonds. The molecule has 2 unspecified atom stereocenters. The molecule has 1 heterocycles. The van der Waals surface area contributed by atoms with Gasteiger partial charge in [-0.2, -0.15) is 0 Å². The second kappa shape index (κ2) is 8.35. The van der Waals surface area contributed by atoms with Crippen LogP contribution >= 0.6 is 11.3 Å². The summed E-state index contributed by atoms with van der Waals surface area (Å²) in [6, 6.07) is 17.2. The van der Waals surface area contributed by atoms with Gasteiger partial charge in [-0.3, -0.25) is 9.59 Å². The lowest BCUT2D eigenvalue weighted by molar-refractivity contribution is -0.124. The molecule has 0 fully saturated rings. The summed E-state index contributed by atoms with van der Waals surface area (Å²) in [6.07, 6.45) is 0. The van der Waals surface area contributed by atoms with E-state index in [9.17, 15) is 9.59 Å². The van der Waals surface area contributed by atoms with E-state index in [4.69, 9.17) is 0 Å². The molecule has 0 radical (unpaired) electrons. The number of hydrogen-bond acceptors (Lipinski definition) is 3. The number of amides is 2. The third kappa shape index (κ3) is 4.55. The minimum absolute atomic E-state index is 0.0160. The van der Waals surface area contributed by atoms with E-state index in [0.717, 1.165) is 10.9 Å². The molecular formula is C22H24N2O2S. The molecule has 0 aliphatic carbocycles. The fourth-order valence-corrected chi connectivity index (χ4v) is 3.65. The van der Waals surface area contributed by atoms with Crippen molar-refractivity contribution >= 4 is 33.9 Å². The summed E-state index contributed by atoms with van der Waals surface area (Å²) in [6.45, 7) is 5.82. The molecular weight excluding hydrogens is 356 g/mol. The zero-order valence-corrected chi connectivity index (χ0v) is 16.5. The topological polar surface area (TPSA) is 58.2 Å². The highest BCUT2D eigenvalue weighted by Gasteiger charge is 2.26. The van der Waals surface area contributed by atoms with Crippen molar-refractivity contribution in [1.82, 2.24) is 10.6 Å². The number of carbonyl (C=O) groups excluding carboxylic acids is 2. The van der Waals surface area contributed by atoms with Gasteiger partial charge in [0.05, 0.1) is 10.9 Å². The van der Waals surface area contributed by atoms with Crippen LogP contribution in [0.25, 0.3) is 10.8 Å². The third-order valence-electron chi connectivity index (χ3n) is 4.61. The highest BCUT2D eigenvalue weighted by molar-refractivity contribution is 7.12. The lowest BCUT2D eigenvalue weighted by Crippen LogP contribution is -2.50. The first-order valence-electron chi connectivity index (χ1n) is 9.09. The molecule has 140 valence electrons. The van der Waals surface area contributed by atoms with Gasteiger partial charge in [-0.25, -0.2) is 0 Å². The number of benzene rings is 2. The van der Waals surface area contributed by atoms with Crippen LogP contribution in [0.3, 0.4) is 0 Å². The van der Waals surface area contributed by atoms with Gasteiger partial charge in [0.25, 0.3) is 5.91 Å². The first kappa shape index (κ1) is 19.1. The second-order valence-corrected chi connectivity index (χ2v) is 7.96. The van der Waals surface area contributed by atoms with E-state index in [2.05, 4.69) is 34.9 Å². The van der Waals surface area contributed by atoms with E-state index >= 15 is 0 Å². The Morgan fingerprint density at radius 3 is 2.30 bits per heavy atom. The first-order chi connectivity index (χ1) is 13.0. The van der Waals surface area contributed by atoms with Gasteiger partial charge in [0, 0.05) is 0 Å². The Kier molecular flexibility index (Phi) is 5.91. The van der Waals surface area contributed by atoms with Gasteiger partial charge >= 0.3 is 0 Å². The first-order valence-corrected chi connectivity index (χ1v) is 9.97. The summed E-state index contributed by atoms with van der Waals surface area (Å²) in [7, 11) is 0. The largest absolute Gasteiger partial charge is 0.348 e. The van der Waals surface area contributed by atoms with Gasteiger partial charge in [0.2, 0.25) is 5.91 Å². The summed E-state index contributed by atoms with van der Waals surface area (Å²) in [5.74, 6) is -0.398. The Balaban J connectivity index is 1.71. The number of thiophene rings is 1. The number of nitrogens with one attached hydrogen (secondary N) is 2. The van der Waals surface area contributed by atoms with Crippen LogP contribution in [0, 0.1) is 5.92 Å². The molecule has 0 saturated carbocycles. The minimum atomic E-state index is -0.581. The van der Waals surface area contributed by atoms with E-state index in [1.807, 2.05) is 50.4 Å². The molecule has 2 atom stereocenters. The van der Waals surface area contributed by atoms with Crippen molar-refractivity contribution in [3.63, 3.8) is 0 Å². The lowest BCUT2D eigenvalue weighted by Gasteiger charge is -2.24. The summed E-state index contributed by atoms with van der Waals surface area (Å²) < 4.78 is 0. The molecule has 3 rings (SSSR count). The fraction of sp³-hybridized carbons (Fsp3) is 0.273. The van der Waals surface area contributed by atoms with Crippen molar-refractivity contribution in [3.05, 3.63) is 70.4 Å². The lowest BCUT2D eigenvalue weighted by atomic mass is 10.0. The van der Waals surface area contributed by atoms with Gasteiger partial charge in [-0.05, 0) is 46.7 Å². The number of rotatable bonds is 6. The average molecular weight is 381 g/mol. The van der Waals surface area contributed by atoms with Crippen molar-refractivity contribution in [2.45, 2.75) is 32.9 Å². The number of carbonyl (C=O) groups is 2. The summed E-state index contributed by atoms with van der Waals surface area (Å²) in [4.78, 5) is 25.8. The predicted molar refractivity (Wildman–Crippen MR) is 111 cm³/mol. The van der Waals surface area contributed by atoms with E-state index in [-0.39, 0.29) is 23.8 Å². The molecule has 2 aromatic carbocycles. The fourth-order valence-electron chi connectivity index (χ4n) is 3.02. The minimum Gasteiger partial charge on any atom is -0.348 e. The van der Waals surface area contributed by atoms with Gasteiger partial charge in [0.15, 0.2) is 0 Å². The van der Waals surface area contributed by atoms with Gasteiger partial charge in [0.1, 0.15) is 6.04 Å². The van der Waals surface area contributed by atoms with Crippen molar-refractivity contribution in [3.8, 4) is 0 Å². The van der Waals surface area contributed by atoms with E-state index in [1.165, 1.54) is 16.7 Å². The number of hydrogen-bond donors (Lipinski definition) is 2. The normalized spacial score (nSPS) is 13.3. The van der Waals surface area contributed by atoms with Crippen LogP contribution in [0.2, 0.25) is 0 Å². The van der Waals surface area contributed by atoms with Gasteiger partial charge in [-0.15, -0.1) is 11.3 Å². The highest BCUT2D eigenvalue weighted by atomic mass is 32.1. The van der Waals surface area contributed by atoms with Gasteiger partial charge in [-0.1, -0.05) is 56.3 Å². The van der Waals surface area contributed by atoms with Crippen LogP contribution in [-0.2, 0) is 4.79 Å². The molecule has 0 bridgehead atoms. The highest BCUT2D eigenvalue weighted by Crippen LogP contribution is 2.20. The molecule has 0 aliphatic rings. The molecule has 0 spiro atoms. The van der Waals surface area contributed by atoms with E-state index in [1.54, 1.807) is 6.07 Å². The van der Waals surface area contributed by atoms with Crippen molar-refractivity contribution in [2.24, 2.45) is 5.92 Å². The van der Waals surface area contributed by atoms with Crippen LogP contribution in [-0.4, -0.2) is 17.9 Å². The quantitative estimate of drug-likeness (QED) is 0.660. The van der Waals surface area contributed by atoms with Crippen LogP contribution in [0.1, 0.15) is 42.0 Å².